The Kier molecular flexibility index (Phi) is 5.47. The lowest BCUT2D eigenvalue weighted by atomic mass is 10.1. The number of H-pyrrole nitrogens is 1. The fourth-order valence-electron chi connectivity index (χ4n) is 3.54. The summed E-state index contributed by atoms with van der Waals surface area (Å²) in [5, 5.41) is 31.4. The van der Waals surface area contributed by atoms with Crippen LogP contribution in [0.25, 0.3) is 38.6 Å². The van der Waals surface area contributed by atoms with Crippen molar-refractivity contribution in [3.05, 3.63) is 90.2 Å². The number of aliphatic hydroxyl groups excluding tert-OH is 1. The Morgan fingerprint density at radius 1 is 0.970 bits per heavy atom. The van der Waals surface area contributed by atoms with Crippen molar-refractivity contribution in [2.45, 2.75) is 5.03 Å². The van der Waals surface area contributed by atoms with E-state index in [0.29, 0.717) is 22.1 Å². The summed E-state index contributed by atoms with van der Waals surface area (Å²) in [6.45, 7) is 0. The Bertz CT molecular complexity index is 1520. The number of halogens is 1. The van der Waals surface area contributed by atoms with Gasteiger partial charge in [-0.3, -0.25) is 0 Å². The molecule has 3 aromatic carbocycles. The zero-order valence-corrected chi connectivity index (χ0v) is 18.0. The number of aliphatic hydroxyl groups is 1. The number of rotatable bonds is 5. The molecule has 0 atom stereocenters. The first-order valence-electron chi connectivity index (χ1n) is 10.1. The van der Waals surface area contributed by atoms with E-state index in [1.165, 1.54) is 23.9 Å². The van der Waals surface area contributed by atoms with Gasteiger partial charge >= 0.3 is 0 Å². The second kappa shape index (κ2) is 8.73. The van der Waals surface area contributed by atoms with Gasteiger partial charge in [-0.05, 0) is 36.4 Å². The van der Waals surface area contributed by atoms with Crippen molar-refractivity contribution >= 4 is 39.1 Å². The number of aromatic nitrogens is 4. The van der Waals surface area contributed by atoms with Gasteiger partial charge in [0.15, 0.2) is 5.82 Å². The van der Waals surface area contributed by atoms with Crippen molar-refractivity contribution in [2.75, 3.05) is 5.75 Å². The van der Waals surface area contributed by atoms with Crippen LogP contribution in [0.1, 0.15) is 5.82 Å². The fourth-order valence-corrected chi connectivity index (χ4v) is 4.39. The van der Waals surface area contributed by atoms with Crippen LogP contribution in [0.5, 0.6) is 0 Å². The van der Waals surface area contributed by atoms with Gasteiger partial charge in [-0.15, -0.1) is 10.2 Å². The second-order valence-corrected chi connectivity index (χ2v) is 8.20. The molecule has 0 saturated heterocycles. The standard InChI is InChI=1S/C25H16FN5OS/c26-16-11-9-15(10-12-16)23-17-5-1-2-6-18(17)25(31-30-23)33-14-22(32)19(13-27)24-28-20-7-3-4-8-21(20)29-24/h1-12,32H,14H2,(H,28,29)/b22-19-. The Labute approximate surface area is 192 Å². The molecule has 0 aliphatic rings. The summed E-state index contributed by atoms with van der Waals surface area (Å²) in [6.07, 6.45) is 0. The molecule has 2 aromatic heterocycles. The van der Waals surface area contributed by atoms with Gasteiger partial charge in [0.25, 0.3) is 0 Å². The van der Waals surface area contributed by atoms with Gasteiger partial charge in [-0.2, -0.15) is 5.26 Å². The number of imidazole rings is 1. The van der Waals surface area contributed by atoms with Gasteiger partial charge in [0.05, 0.1) is 16.8 Å². The molecule has 6 nitrogen and oxygen atoms in total. The minimum Gasteiger partial charge on any atom is -0.510 e. The van der Waals surface area contributed by atoms with E-state index in [1.807, 2.05) is 54.6 Å². The molecule has 5 aromatic rings. The van der Waals surface area contributed by atoms with E-state index in [-0.39, 0.29) is 22.9 Å². The highest BCUT2D eigenvalue weighted by Crippen LogP contribution is 2.33. The molecular weight excluding hydrogens is 437 g/mol. The maximum atomic E-state index is 13.3. The molecule has 0 spiro atoms. The molecule has 8 heteroatoms. The normalized spacial score (nSPS) is 12.0. The first-order valence-corrected chi connectivity index (χ1v) is 11.0. The number of benzene rings is 3. The molecule has 0 saturated carbocycles. The molecule has 0 radical (unpaired) electrons. The molecule has 2 N–H and O–H groups in total. The lowest BCUT2D eigenvalue weighted by molar-refractivity contribution is 0.420. The lowest BCUT2D eigenvalue weighted by Gasteiger charge is -2.09. The van der Waals surface area contributed by atoms with Crippen LogP contribution in [0.4, 0.5) is 4.39 Å². The fraction of sp³-hybridized carbons (Fsp3) is 0.0400. The molecule has 0 amide bonds. The van der Waals surface area contributed by atoms with E-state index in [0.717, 1.165) is 21.9 Å². The van der Waals surface area contributed by atoms with E-state index in [4.69, 9.17) is 0 Å². The number of nitrogens with one attached hydrogen (secondary N) is 1. The van der Waals surface area contributed by atoms with E-state index in [1.54, 1.807) is 12.1 Å². The molecule has 0 unspecified atom stereocenters. The summed E-state index contributed by atoms with van der Waals surface area (Å²) in [6, 6.07) is 23.2. The van der Waals surface area contributed by atoms with E-state index >= 15 is 0 Å². The van der Waals surface area contributed by atoms with Gasteiger partial charge < -0.3 is 10.1 Å². The van der Waals surface area contributed by atoms with Crippen LogP contribution >= 0.6 is 11.8 Å². The number of hydrogen-bond donors (Lipinski definition) is 2. The van der Waals surface area contributed by atoms with E-state index in [9.17, 15) is 14.8 Å². The Morgan fingerprint density at radius 3 is 2.45 bits per heavy atom. The van der Waals surface area contributed by atoms with Crippen LogP contribution in [-0.4, -0.2) is 31.0 Å². The number of hydrogen-bond acceptors (Lipinski definition) is 6. The molecule has 0 aliphatic carbocycles. The summed E-state index contributed by atoms with van der Waals surface area (Å²) in [5.74, 6) is 0.0202. The maximum Gasteiger partial charge on any atom is 0.152 e. The molecule has 0 bridgehead atoms. The minimum atomic E-state index is -0.316. The molecule has 2 heterocycles. The molecule has 5 rings (SSSR count). The van der Waals surface area contributed by atoms with Gasteiger partial charge in [0.1, 0.15) is 33.9 Å². The Morgan fingerprint density at radius 2 is 1.70 bits per heavy atom. The number of nitrogens with zero attached hydrogens (tertiary/aromatic N) is 4. The highest BCUT2D eigenvalue weighted by molar-refractivity contribution is 7.99. The minimum absolute atomic E-state index is 0.0823. The maximum absolute atomic E-state index is 13.3. The van der Waals surface area contributed by atoms with Crippen molar-refractivity contribution < 1.29 is 9.50 Å². The number of allylic oxidation sites excluding steroid dienone is 1. The third-order valence-electron chi connectivity index (χ3n) is 5.14. The van der Waals surface area contributed by atoms with Crippen molar-refractivity contribution in [1.82, 2.24) is 20.2 Å². The van der Waals surface area contributed by atoms with Gasteiger partial charge in [0, 0.05) is 16.3 Å². The van der Waals surface area contributed by atoms with Crippen LogP contribution in [0, 0.1) is 17.1 Å². The third-order valence-corrected chi connectivity index (χ3v) is 6.14. The average Bonchev–Trinajstić information content (AvgIpc) is 3.27. The summed E-state index contributed by atoms with van der Waals surface area (Å²) >= 11 is 1.28. The zero-order chi connectivity index (χ0) is 22.8. The summed E-state index contributed by atoms with van der Waals surface area (Å²) in [7, 11) is 0. The van der Waals surface area contributed by atoms with E-state index < -0.39 is 0 Å². The van der Waals surface area contributed by atoms with Crippen LogP contribution < -0.4 is 0 Å². The SMILES string of the molecule is N#C/C(=C(/O)CSc1nnc(-c2ccc(F)cc2)c2ccccc12)c1nc2ccccc2[nH]1. The van der Waals surface area contributed by atoms with Crippen molar-refractivity contribution in [2.24, 2.45) is 0 Å². The first kappa shape index (κ1) is 20.7. The van der Waals surface area contributed by atoms with Crippen molar-refractivity contribution in [3.63, 3.8) is 0 Å². The molecule has 0 fully saturated rings. The Hall–Kier alpha value is -4.22. The van der Waals surface area contributed by atoms with Crippen molar-refractivity contribution in [3.8, 4) is 17.3 Å². The van der Waals surface area contributed by atoms with Crippen LogP contribution in [0.3, 0.4) is 0 Å². The quantitative estimate of drug-likeness (QED) is 0.195. The number of para-hydroxylation sites is 2. The largest absolute Gasteiger partial charge is 0.510 e. The number of nitriles is 1. The molecule has 33 heavy (non-hydrogen) atoms. The Balaban J connectivity index is 1.47. The zero-order valence-electron chi connectivity index (χ0n) is 17.2. The smallest absolute Gasteiger partial charge is 0.152 e. The summed E-state index contributed by atoms with van der Waals surface area (Å²) < 4.78 is 13.3. The van der Waals surface area contributed by atoms with Crippen molar-refractivity contribution in [1.29, 1.82) is 5.26 Å². The topological polar surface area (TPSA) is 98.5 Å². The van der Waals surface area contributed by atoms with Crippen LogP contribution in [0.2, 0.25) is 0 Å². The number of fused-ring (bicyclic) bond motifs is 2. The highest BCUT2D eigenvalue weighted by Gasteiger charge is 2.16. The molecule has 160 valence electrons. The average molecular weight is 454 g/mol. The second-order valence-electron chi connectivity index (χ2n) is 7.23. The number of thioether (sulfide) groups is 1. The van der Waals surface area contributed by atoms with Crippen LogP contribution in [-0.2, 0) is 0 Å². The highest BCUT2D eigenvalue weighted by atomic mass is 32.2. The van der Waals surface area contributed by atoms with Gasteiger partial charge in [-0.1, -0.05) is 48.2 Å². The monoisotopic (exact) mass is 453 g/mol. The number of aromatic amines is 1. The first-order chi connectivity index (χ1) is 16.1. The van der Waals surface area contributed by atoms with E-state index in [2.05, 4.69) is 20.2 Å². The van der Waals surface area contributed by atoms with Gasteiger partial charge in [-0.25, -0.2) is 9.37 Å². The predicted molar refractivity (Wildman–Crippen MR) is 127 cm³/mol. The third kappa shape index (κ3) is 4.02. The predicted octanol–water partition coefficient (Wildman–Crippen LogP) is 5.90. The summed E-state index contributed by atoms with van der Waals surface area (Å²) in [5.41, 5.74) is 2.99. The lowest BCUT2D eigenvalue weighted by Crippen LogP contribution is -1.98. The molecule has 0 aliphatic heterocycles. The molecular formula is C25H16FN5OS. The van der Waals surface area contributed by atoms with Gasteiger partial charge in [0.2, 0.25) is 0 Å². The van der Waals surface area contributed by atoms with Crippen LogP contribution in [0.15, 0.2) is 83.6 Å². The summed E-state index contributed by atoms with van der Waals surface area (Å²) in [4.78, 5) is 7.47.